The third-order valence-electron chi connectivity index (χ3n) is 4.16. The SMILES string of the molecule is NC(=O)C1C=C2C(=CC=CN2c2cccc(NC(=O)c3ccncc3)c2)S1. The number of hydrogen-bond donors (Lipinski definition) is 2. The van der Waals surface area contributed by atoms with Gasteiger partial charge in [0.15, 0.2) is 0 Å². The molecular weight excluding hydrogens is 360 g/mol. The number of amides is 2. The zero-order valence-corrected chi connectivity index (χ0v) is 15.0. The standard InChI is InChI=1S/C20H16N4O2S/c21-19(25)18-12-16-17(27-18)5-2-10-24(16)15-4-1-3-14(11-15)23-20(26)13-6-8-22-9-7-13/h1-12,18H,(H2,21,25)(H,23,26). The van der Waals surface area contributed by atoms with E-state index in [9.17, 15) is 9.59 Å². The summed E-state index contributed by atoms with van der Waals surface area (Å²) in [6.07, 6.45) is 10.8. The summed E-state index contributed by atoms with van der Waals surface area (Å²) in [5.41, 5.74) is 8.46. The van der Waals surface area contributed by atoms with E-state index in [1.54, 1.807) is 24.5 Å². The van der Waals surface area contributed by atoms with Gasteiger partial charge in [0.2, 0.25) is 5.91 Å². The Bertz CT molecular complexity index is 998. The lowest BCUT2D eigenvalue weighted by atomic mass is 10.1. The molecule has 1 unspecified atom stereocenters. The summed E-state index contributed by atoms with van der Waals surface area (Å²) < 4.78 is 0. The van der Waals surface area contributed by atoms with Gasteiger partial charge in [0, 0.05) is 40.4 Å². The maximum absolute atomic E-state index is 12.4. The van der Waals surface area contributed by atoms with Gasteiger partial charge < -0.3 is 16.0 Å². The molecule has 1 aromatic carbocycles. The number of nitrogens with one attached hydrogen (secondary N) is 1. The molecule has 0 saturated heterocycles. The van der Waals surface area contributed by atoms with E-state index in [1.165, 1.54) is 11.8 Å². The summed E-state index contributed by atoms with van der Waals surface area (Å²) in [4.78, 5) is 30.8. The summed E-state index contributed by atoms with van der Waals surface area (Å²) in [6.45, 7) is 0. The Labute approximate surface area is 160 Å². The Hall–Kier alpha value is -3.32. The molecule has 0 radical (unpaired) electrons. The maximum atomic E-state index is 12.4. The molecule has 4 rings (SSSR count). The van der Waals surface area contributed by atoms with Crippen LogP contribution in [0.15, 0.2) is 83.8 Å². The van der Waals surface area contributed by atoms with Gasteiger partial charge in [-0.3, -0.25) is 14.6 Å². The minimum absolute atomic E-state index is 0.200. The van der Waals surface area contributed by atoms with E-state index in [-0.39, 0.29) is 17.1 Å². The Balaban J connectivity index is 1.58. The molecule has 0 aliphatic carbocycles. The summed E-state index contributed by atoms with van der Waals surface area (Å²) in [5, 5.41) is 2.52. The number of carbonyl (C=O) groups is 2. The number of nitrogens with two attached hydrogens (primary N) is 1. The second kappa shape index (κ2) is 7.13. The zero-order chi connectivity index (χ0) is 18.8. The molecule has 3 N–H and O–H groups in total. The summed E-state index contributed by atoms with van der Waals surface area (Å²) in [7, 11) is 0. The van der Waals surface area contributed by atoms with Crippen LogP contribution in [0.4, 0.5) is 11.4 Å². The van der Waals surface area contributed by atoms with Crippen molar-refractivity contribution in [3.05, 3.63) is 89.4 Å². The molecule has 2 amide bonds. The van der Waals surface area contributed by atoms with Gasteiger partial charge in [0.25, 0.3) is 5.91 Å². The molecule has 134 valence electrons. The van der Waals surface area contributed by atoms with Crippen molar-refractivity contribution in [1.29, 1.82) is 0 Å². The third kappa shape index (κ3) is 3.50. The van der Waals surface area contributed by atoms with Crippen molar-refractivity contribution >= 4 is 35.0 Å². The predicted octanol–water partition coefficient (Wildman–Crippen LogP) is 3.04. The topological polar surface area (TPSA) is 88.3 Å². The van der Waals surface area contributed by atoms with Crippen LogP contribution in [0.1, 0.15) is 10.4 Å². The second-order valence-electron chi connectivity index (χ2n) is 5.98. The van der Waals surface area contributed by atoms with Gasteiger partial charge in [-0.15, -0.1) is 11.8 Å². The summed E-state index contributed by atoms with van der Waals surface area (Å²) in [5.74, 6) is -0.560. The minimum atomic E-state index is -0.372. The van der Waals surface area contributed by atoms with Gasteiger partial charge in [-0.1, -0.05) is 6.07 Å². The first kappa shape index (κ1) is 17.1. The van der Waals surface area contributed by atoms with Crippen LogP contribution in [-0.4, -0.2) is 22.0 Å². The van der Waals surface area contributed by atoms with Crippen molar-refractivity contribution in [2.75, 3.05) is 10.2 Å². The number of carbonyl (C=O) groups excluding carboxylic acids is 2. The molecular formula is C20H16N4O2S. The van der Waals surface area contributed by atoms with Crippen LogP contribution in [0, 0.1) is 0 Å². The summed E-state index contributed by atoms with van der Waals surface area (Å²) >= 11 is 1.44. The van der Waals surface area contributed by atoms with Crippen LogP contribution in [-0.2, 0) is 4.79 Å². The number of fused-ring (bicyclic) bond motifs is 1. The largest absolute Gasteiger partial charge is 0.368 e. The minimum Gasteiger partial charge on any atom is -0.368 e. The van der Waals surface area contributed by atoms with Gasteiger partial charge in [0.05, 0.1) is 5.70 Å². The zero-order valence-electron chi connectivity index (χ0n) is 14.2. The monoisotopic (exact) mass is 376 g/mol. The first-order valence-corrected chi connectivity index (χ1v) is 9.17. The van der Waals surface area contributed by atoms with Crippen LogP contribution in [0.5, 0.6) is 0 Å². The highest BCUT2D eigenvalue weighted by Gasteiger charge is 2.30. The highest BCUT2D eigenvalue weighted by atomic mass is 32.2. The van der Waals surface area contributed by atoms with Gasteiger partial charge in [-0.25, -0.2) is 0 Å². The molecule has 2 aliphatic rings. The van der Waals surface area contributed by atoms with Gasteiger partial charge in [-0.2, -0.15) is 0 Å². The lowest BCUT2D eigenvalue weighted by molar-refractivity contribution is -0.116. The number of benzene rings is 1. The molecule has 1 aromatic heterocycles. The maximum Gasteiger partial charge on any atom is 0.255 e. The van der Waals surface area contributed by atoms with E-state index in [0.29, 0.717) is 11.3 Å². The van der Waals surface area contributed by atoms with E-state index >= 15 is 0 Å². The molecule has 0 saturated carbocycles. The molecule has 0 spiro atoms. The fourth-order valence-corrected chi connectivity index (χ4v) is 3.91. The third-order valence-corrected chi connectivity index (χ3v) is 5.38. The number of thioether (sulfide) groups is 1. The Morgan fingerprint density at radius 3 is 2.78 bits per heavy atom. The second-order valence-corrected chi connectivity index (χ2v) is 7.16. The Morgan fingerprint density at radius 2 is 2.00 bits per heavy atom. The molecule has 2 aliphatic heterocycles. The lowest BCUT2D eigenvalue weighted by Crippen LogP contribution is -2.22. The Kier molecular flexibility index (Phi) is 4.52. The molecule has 3 heterocycles. The smallest absolute Gasteiger partial charge is 0.255 e. The molecule has 7 heteroatoms. The molecule has 2 aromatic rings. The normalized spacial score (nSPS) is 17.8. The van der Waals surface area contributed by atoms with Crippen molar-refractivity contribution in [3.8, 4) is 0 Å². The van der Waals surface area contributed by atoms with Crippen LogP contribution in [0.3, 0.4) is 0 Å². The molecule has 27 heavy (non-hydrogen) atoms. The predicted molar refractivity (Wildman–Crippen MR) is 107 cm³/mol. The number of pyridine rings is 1. The molecule has 0 fully saturated rings. The van der Waals surface area contributed by atoms with Crippen molar-refractivity contribution in [2.24, 2.45) is 5.73 Å². The van der Waals surface area contributed by atoms with Crippen molar-refractivity contribution in [1.82, 2.24) is 4.98 Å². The number of hydrogen-bond acceptors (Lipinski definition) is 5. The van der Waals surface area contributed by atoms with E-state index in [1.807, 2.05) is 53.6 Å². The van der Waals surface area contributed by atoms with Gasteiger partial charge >= 0.3 is 0 Å². The number of aromatic nitrogens is 1. The number of anilines is 2. The first-order valence-electron chi connectivity index (χ1n) is 8.29. The summed E-state index contributed by atoms with van der Waals surface area (Å²) in [6, 6.07) is 10.9. The van der Waals surface area contributed by atoms with Crippen molar-refractivity contribution < 1.29 is 9.59 Å². The quantitative estimate of drug-likeness (QED) is 0.856. The van der Waals surface area contributed by atoms with E-state index in [0.717, 1.165) is 16.3 Å². The molecule has 6 nitrogen and oxygen atoms in total. The van der Waals surface area contributed by atoms with E-state index in [4.69, 9.17) is 5.73 Å². The fourth-order valence-electron chi connectivity index (χ4n) is 2.88. The average Bonchev–Trinajstić information content (AvgIpc) is 3.13. The van der Waals surface area contributed by atoms with Crippen LogP contribution in [0.25, 0.3) is 0 Å². The van der Waals surface area contributed by atoms with Gasteiger partial charge in [-0.05, 0) is 48.6 Å². The highest BCUT2D eigenvalue weighted by molar-refractivity contribution is 8.05. The van der Waals surface area contributed by atoms with E-state index in [2.05, 4.69) is 10.3 Å². The number of nitrogens with zero attached hydrogens (tertiary/aromatic N) is 2. The lowest BCUT2D eigenvalue weighted by Gasteiger charge is -2.25. The molecule has 0 bridgehead atoms. The average molecular weight is 376 g/mol. The number of primary amides is 1. The van der Waals surface area contributed by atoms with Crippen molar-refractivity contribution in [3.63, 3.8) is 0 Å². The Morgan fingerprint density at radius 1 is 1.19 bits per heavy atom. The van der Waals surface area contributed by atoms with Crippen molar-refractivity contribution in [2.45, 2.75) is 5.25 Å². The van der Waals surface area contributed by atoms with Crippen LogP contribution in [0.2, 0.25) is 0 Å². The number of rotatable bonds is 4. The van der Waals surface area contributed by atoms with Crippen LogP contribution >= 0.6 is 11.8 Å². The first-order chi connectivity index (χ1) is 13.1. The molecule has 1 atom stereocenters. The van der Waals surface area contributed by atoms with Crippen LogP contribution < -0.4 is 16.0 Å². The van der Waals surface area contributed by atoms with Gasteiger partial charge in [0.1, 0.15) is 5.25 Å². The fraction of sp³-hybridized carbons (Fsp3) is 0.0500. The van der Waals surface area contributed by atoms with E-state index < -0.39 is 0 Å². The highest BCUT2D eigenvalue weighted by Crippen LogP contribution is 2.42. The number of allylic oxidation sites excluding steroid dienone is 2.